The van der Waals surface area contributed by atoms with Crippen LogP contribution < -0.4 is 5.32 Å². The van der Waals surface area contributed by atoms with Crippen molar-refractivity contribution < 1.29 is 4.74 Å². The number of rotatable bonds is 9. The van der Waals surface area contributed by atoms with Crippen LogP contribution in [0, 0.1) is 5.92 Å². The summed E-state index contributed by atoms with van der Waals surface area (Å²) in [7, 11) is 0. The molecule has 1 fully saturated rings. The summed E-state index contributed by atoms with van der Waals surface area (Å²) in [5, 5.41) is 3.70. The number of aromatic nitrogens is 2. The maximum absolute atomic E-state index is 5.54. The molecule has 1 atom stereocenters. The van der Waals surface area contributed by atoms with E-state index >= 15 is 0 Å². The van der Waals surface area contributed by atoms with Gasteiger partial charge >= 0.3 is 0 Å². The number of imidazole rings is 1. The number of hydrogen-bond donors (Lipinski definition) is 1. The van der Waals surface area contributed by atoms with Gasteiger partial charge in [0.05, 0.1) is 19.5 Å². The van der Waals surface area contributed by atoms with Crippen LogP contribution in [0.2, 0.25) is 0 Å². The first kappa shape index (κ1) is 19.1. The number of ether oxygens (including phenoxy) is 1. The Hall–Kier alpha value is -1.69. The van der Waals surface area contributed by atoms with Crippen LogP contribution in [0.15, 0.2) is 43.0 Å². The Morgan fingerprint density at radius 2 is 1.85 bits per heavy atom. The molecular formula is C21H32N4O. The molecule has 1 aliphatic rings. The number of benzene rings is 1. The van der Waals surface area contributed by atoms with Crippen LogP contribution in [-0.2, 0) is 11.3 Å². The van der Waals surface area contributed by atoms with Crippen LogP contribution in [0.5, 0.6) is 0 Å². The Kier molecular flexibility index (Phi) is 7.23. The topological polar surface area (TPSA) is 42.3 Å². The Balaban J connectivity index is 1.55. The molecule has 0 unspecified atom stereocenters. The molecule has 0 aliphatic carbocycles. The van der Waals surface area contributed by atoms with Crippen molar-refractivity contribution in [1.29, 1.82) is 0 Å². The summed E-state index contributed by atoms with van der Waals surface area (Å²) in [5.74, 6) is 0.740. The number of nitrogens with zero attached hydrogens (tertiary/aromatic N) is 3. The molecule has 0 radical (unpaired) electrons. The zero-order valence-corrected chi connectivity index (χ0v) is 16.1. The molecule has 2 heterocycles. The monoisotopic (exact) mass is 356 g/mol. The molecule has 0 bridgehead atoms. The highest BCUT2D eigenvalue weighted by atomic mass is 16.5. The molecule has 5 nitrogen and oxygen atoms in total. The largest absolute Gasteiger partial charge is 0.379 e. The van der Waals surface area contributed by atoms with Gasteiger partial charge in [0.1, 0.15) is 0 Å². The minimum atomic E-state index is 0.596. The molecule has 1 aromatic carbocycles. The van der Waals surface area contributed by atoms with E-state index in [2.05, 4.69) is 53.3 Å². The van der Waals surface area contributed by atoms with E-state index in [4.69, 9.17) is 4.74 Å². The van der Waals surface area contributed by atoms with Gasteiger partial charge < -0.3 is 14.6 Å². The smallest absolute Gasteiger partial charge is 0.0991 e. The van der Waals surface area contributed by atoms with E-state index in [1.54, 1.807) is 6.20 Å². The van der Waals surface area contributed by atoms with Gasteiger partial charge in [0.15, 0.2) is 0 Å². The molecule has 0 saturated carbocycles. The van der Waals surface area contributed by atoms with Crippen LogP contribution >= 0.6 is 0 Å². The summed E-state index contributed by atoms with van der Waals surface area (Å²) in [6.45, 7) is 10.4. The first-order valence-electron chi connectivity index (χ1n) is 9.91. The lowest BCUT2D eigenvalue weighted by Gasteiger charge is -2.39. The maximum Gasteiger partial charge on any atom is 0.0991 e. The van der Waals surface area contributed by atoms with Crippen molar-refractivity contribution in [3.8, 4) is 5.69 Å². The molecule has 0 amide bonds. The van der Waals surface area contributed by atoms with E-state index < -0.39 is 0 Å². The molecule has 3 rings (SSSR count). The van der Waals surface area contributed by atoms with E-state index in [9.17, 15) is 0 Å². The van der Waals surface area contributed by atoms with Crippen LogP contribution in [0.25, 0.3) is 5.69 Å². The van der Waals surface area contributed by atoms with Gasteiger partial charge in [-0.3, -0.25) is 4.90 Å². The zero-order chi connectivity index (χ0) is 18.2. The first-order chi connectivity index (χ1) is 12.8. The number of hydrogen-bond acceptors (Lipinski definition) is 4. The molecule has 1 aliphatic heterocycles. The van der Waals surface area contributed by atoms with Crippen molar-refractivity contribution in [1.82, 2.24) is 19.8 Å². The van der Waals surface area contributed by atoms with Gasteiger partial charge in [0.2, 0.25) is 0 Å². The molecular weight excluding hydrogens is 324 g/mol. The first-order valence-corrected chi connectivity index (χ1v) is 9.91. The van der Waals surface area contributed by atoms with Gasteiger partial charge in [-0.25, -0.2) is 4.98 Å². The van der Waals surface area contributed by atoms with Crippen molar-refractivity contribution in [2.24, 2.45) is 5.92 Å². The molecule has 1 saturated heterocycles. The highest BCUT2D eigenvalue weighted by Crippen LogP contribution is 2.20. The normalized spacial score (nSPS) is 16.9. The van der Waals surface area contributed by atoms with E-state index in [1.165, 1.54) is 18.4 Å². The van der Waals surface area contributed by atoms with Crippen molar-refractivity contribution in [2.75, 3.05) is 32.8 Å². The average molecular weight is 357 g/mol. The van der Waals surface area contributed by atoms with E-state index in [1.807, 2.05) is 17.1 Å². The minimum absolute atomic E-state index is 0.596. The molecule has 1 N–H and O–H groups in total. The van der Waals surface area contributed by atoms with Crippen molar-refractivity contribution >= 4 is 0 Å². The van der Waals surface area contributed by atoms with Crippen molar-refractivity contribution in [3.63, 3.8) is 0 Å². The van der Waals surface area contributed by atoms with Gasteiger partial charge in [0, 0.05) is 50.3 Å². The Morgan fingerprint density at radius 3 is 2.46 bits per heavy atom. The fourth-order valence-electron chi connectivity index (χ4n) is 3.90. The van der Waals surface area contributed by atoms with E-state index in [0.717, 1.165) is 51.0 Å². The van der Waals surface area contributed by atoms with Crippen LogP contribution in [0.3, 0.4) is 0 Å². The van der Waals surface area contributed by atoms with Gasteiger partial charge in [-0.15, -0.1) is 0 Å². The van der Waals surface area contributed by atoms with E-state index in [0.29, 0.717) is 6.04 Å². The fourth-order valence-corrected chi connectivity index (χ4v) is 3.90. The predicted octanol–water partition coefficient (Wildman–Crippen LogP) is 3.10. The van der Waals surface area contributed by atoms with Gasteiger partial charge in [-0.1, -0.05) is 38.8 Å². The molecule has 26 heavy (non-hydrogen) atoms. The minimum Gasteiger partial charge on any atom is -0.379 e. The second kappa shape index (κ2) is 9.86. The lowest BCUT2D eigenvalue weighted by molar-refractivity contribution is 0.00161. The molecule has 1 aromatic heterocycles. The molecule has 142 valence electrons. The molecule has 5 heteroatoms. The summed E-state index contributed by atoms with van der Waals surface area (Å²) in [6.07, 6.45) is 8.07. The average Bonchev–Trinajstić information content (AvgIpc) is 3.23. The van der Waals surface area contributed by atoms with E-state index in [-0.39, 0.29) is 0 Å². The third-order valence-electron chi connectivity index (χ3n) is 5.53. The Bertz CT molecular complexity index is 616. The van der Waals surface area contributed by atoms with Crippen LogP contribution in [0.4, 0.5) is 0 Å². The maximum atomic E-state index is 5.54. The summed E-state index contributed by atoms with van der Waals surface area (Å²) in [4.78, 5) is 6.73. The third kappa shape index (κ3) is 4.93. The standard InChI is InChI=1S/C21H32N4O/c1-3-19(4-2)21(24-11-13-26-14-12-24)16-23-15-18-5-7-20(8-6-18)25-10-9-22-17-25/h5-10,17,19,21,23H,3-4,11-16H2,1-2H3/t21-/m0/s1. The zero-order valence-electron chi connectivity index (χ0n) is 16.1. The highest BCUT2D eigenvalue weighted by Gasteiger charge is 2.26. The van der Waals surface area contributed by atoms with Crippen molar-refractivity contribution in [2.45, 2.75) is 39.3 Å². The van der Waals surface area contributed by atoms with Crippen molar-refractivity contribution in [3.05, 3.63) is 48.5 Å². The number of nitrogens with one attached hydrogen (secondary N) is 1. The summed E-state index contributed by atoms with van der Waals surface area (Å²) < 4.78 is 7.57. The summed E-state index contributed by atoms with van der Waals surface area (Å²) in [5.41, 5.74) is 2.47. The SMILES string of the molecule is CCC(CC)[C@H](CNCc1ccc(-n2ccnc2)cc1)N1CCOCC1. The molecule has 2 aromatic rings. The third-order valence-corrected chi connectivity index (χ3v) is 5.53. The fraction of sp³-hybridized carbons (Fsp3) is 0.571. The van der Waals surface area contributed by atoms with Crippen LogP contribution in [-0.4, -0.2) is 53.3 Å². The lowest BCUT2D eigenvalue weighted by atomic mass is 9.92. The quantitative estimate of drug-likeness (QED) is 0.750. The second-order valence-electron chi connectivity index (χ2n) is 7.06. The Labute approximate surface area is 157 Å². The second-order valence-corrected chi connectivity index (χ2v) is 7.06. The lowest BCUT2D eigenvalue weighted by Crippen LogP contribution is -2.51. The van der Waals surface area contributed by atoms with Gasteiger partial charge in [0.25, 0.3) is 0 Å². The van der Waals surface area contributed by atoms with Crippen LogP contribution in [0.1, 0.15) is 32.3 Å². The highest BCUT2D eigenvalue weighted by molar-refractivity contribution is 5.34. The summed E-state index contributed by atoms with van der Waals surface area (Å²) >= 11 is 0. The Morgan fingerprint density at radius 1 is 1.12 bits per heavy atom. The predicted molar refractivity (Wildman–Crippen MR) is 106 cm³/mol. The van der Waals surface area contributed by atoms with Gasteiger partial charge in [-0.05, 0) is 23.6 Å². The summed E-state index contributed by atoms with van der Waals surface area (Å²) in [6, 6.07) is 9.30. The molecule has 0 spiro atoms. The number of morpholine rings is 1. The van der Waals surface area contributed by atoms with Gasteiger partial charge in [-0.2, -0.15) is 0 Å².